The van der Waals surface area contributed by atoms with E-state index >= 15 is 0 Å². The molecule has 3 aromatic rings. The molecule has 102 valence electrons. The van der Waals surface area contributed by atoms with Gasteiger partial charge in [-0.3, -0.25) is 0 Å². The van der Waals surface area contributed by atoms with Crippen LogP contribution < -0.4 is 10.5 Å². The molecule has 0 spiro atoms. The fraction of sp³-hybridized carbons (Fsp3) is 0.200. The van der Waals surface area contributed by atoms with Gasteiger partial charge in [0.15, 0.2) is 5.65 Å². The molecule has 0 bridgehead atoms. The summed E-state index contributed by atoms with van der Waals surface area (Å²) < 4.78 is 7.19. The quantitative estimate of drug-likeness (QED) is 0.788. The van der Waals surface area contributed by atoms with E-state index < -0.39 is 0 Å². The van der Waals surface area contributed by atoms with Gasteiger partial charge in [0.05, 0.1) is 24.2 Å². The van der Waals surface area contributed by atoms with Crippen LogP contribution in [0.3, 0.4) is 0 Å². The molecule has 3 rings (SSSR count). The van der Waals surface area contributed by atoms with Crippen molar-refractivity contribution in [2.75, 3.05) is 6.61 Å². The van der Waals surface area contributed by atoms with E-state index in [1.807, 2.05) is 49.5 Å². The van der Waals surface area contributed by atoms with Crippen LogP contribution in [0.4, 0.5) is 0 Å². The average Bonchev–Trinajstić information content (AvgIpc) is 2.90. The van der Waals surface area contributed by atoms with Crippen molar-refractivity contribution in [3.05, 3.63) is 48.3 Å². The zero-order chi connectivity index (χ0) is 13.9. The lowest BCUT2D eigenvalue weighted by molar-refractivity contribution is 0.340. The van der Waals surface area contributed by atoms with Crippen molar-refractivity contribution >= 4 is 5.65 Å². The molecule has 2 N–H and O–H groups in total. The normalized spacial score (nSPS) is 10.9. The minimum absolute atomic E-state index is 0.418. The van der Waals surface area contributed by atoms with Crippen molar-refractivity contribution in [2.24, 2.45) is 5.73 Å². The van der Waals surface area contributed by atoms with Crippen LogP contribution in [0, 0.1) is 0 Å². The topological polar surface area (TPSA) is 65.4 Å². The second-order valence-corrected chi connectivity index (χ2v) is 4.42. The summed E-state index contributed by atoms with van der Waals surface area (Å²) in [6, 6.07) is 11.8. The molecule has 0 fully saturated rings. The molecule has 2 heterocycles. The third-order valence-corrected chi connectivity index (χ3v) is 3.04. The van der Waals surface area contributed by atoms with Gasteiger partial charge in [0.1, 0.15) is 5.75 Å². The van der Waals surface area contributed by atoms with E-state index in [4.69, 9.17) is 10.5 Å². The Morgan fingerprint density at radius 2 is 1.95 bits per heavy atom. The fourth-order valence-corrected chi connectivity index (χ4v) is 2.07. The van der Waals surface area contributed by atoms with Gasteiger partial charge in [-0.05, 0) is 43.3 Å². The molecule has 1 aromatic carbocycles. The highest BCUT2D eigenvalue weighted by Gasteiger charge is 2.04. The first-order valence-corrected chi connectivity index (χ1v) is 6.59. The Balaban J connectivity index is 1.96. The van der Waals surface area contributed by atoms with Crippen molar-refractivity contribution in [3.63, 3.8) is 0 Å². The van der Waals surface area contributed by atoms with Crippen molar-refractivity contribution in [3.8, 4) is 17.0 Å². The summed E-state index contributed by atoms with van der Waals surface area (Å²) in [5.74, 6) is 0.866. The Kier molecular flexibility index (Phi) is 3.35. The van der Waals surface area contributed by atoms with E-state index in [1.165, 1.54) is 0 Å². The number of rotatable bonds is 4. The molecule has 0 unspecified atom stereocenters. The van der Waals surface area contributed by atoms with E-state index in [-0.39, 0.29) is 0 Å². The number of hydrogen-bond acceptors (Lipinski definition) is 4. The number of aromatic nitrogens is 3. The number of nitrogens with zero attached hydrogens (tertiary/aromatic N) is 3. The monoisotopic (exact) mass is 268 g/mol. The van der Waals surface area contributed by atoms with Crippen LogP contribution in [0.1, 0.15) is 12.6 Å². The first-order valence-electron chi connectivity index (χ1n) is 6.59. The molecule has 0 atom stereocenters. The molecule has 0 aliphatic rings. The summed E-state index contributed by atoms with van der Waals surface area (Å²) in [7, 11) is 0. The Morgan fingerprint density at radius 1 is 1.15 bits per heavy atom. The highest BCUT2D eigenvalue weighted by Crippen LogP contribution is 2.21. The number of fused-ring (bicyclic) bond motifs is 1. The van der Waals surface area contributed by atoms with Crippen molar-refractivity contribution in [1.82, 2.24) is 14.6 Å². The van der Waals surface area contributed by atoms with Crippen molar-refractivity contribution in [1.29, 1.82) is 0 Å². The summed E-state index contributed by atoms with van der Waals surface area (Å²) in [5, 5.41) is 4.55. The first-order chi connectivity index (χ1) is 9.80. The molecule has 0 saturated heterocycles. The van der Waals surface area contributed by atoms with Crippen LogP contribution in [0.2, 0.25) is 0 Å². The minimum atomic E-state index is 0.418. The number of ether oxygens (including phenoxy) is 1. The van der Waals surface area contributed by atoms with E-state index in [2.05, 4.69) is 10.1 Å². The molecule has 0 aliphatic carbocycles. The van der Waals surface area contributed by atoms with Gasteiger partial charge in [-0.1, -0.05) is 0 Å². The van der Waals surface area contributed by atoms with E-state index in [9.17, 15) is 0 Å². The standard InChI is InChI=1S/C15H16N4O/c1-2-20-13-5-3-11(4-6-13)14-7-8-15-17-12(9-16)10-19(15)18-14/h3-8,10H,2,9,16H2,1H3. The Morgan fingerprint density at radius 3 is 2.65 bits per heavy atom. The van der Waals surface area contributed by atoms with Crippen LogP contribution in [0.5, 0.6) is 5.75 Å². The fourth-order valence-electron chi connectivity index (χ4n) is 2.07. The number of hydrogen-bond donors (Lipinski definition) is 1. The van der Waals surface area contributed by atoms with Gasteiger partial charge in [0.2, 0.25) is 0 Å². The number of imidazole rings is 1. The van der Waals surface area contributed by atoms with E-state index in [1.54, 1.807) is 4.52 Å². The van der Waals surface area contributed by atoms with Gasteiger partial charge in [0, 0.05) is 12.1 Å². The molecule has 5 heteroatoms. The second-order valence-electron chi connectivity index (χ2n) is 4.42. The van der Waals surface area contributed by atoms with Gasteiger partial charge in [-0.25, -0.2) is 9.50 Å². The lowest BCUT2D eigenvalue weighted by Gasteiger charge is -2.05. The Labute approximate surface area is 117 Å². The zero-order valence-electron chi connectivity index (χ0n) is 11.3. The van der Waals surface area contributed by atoms with Gasteiger partial charge in [-0.15, -0.1) is 0 Å². The van der Waals surface area contributed by atoms with Crippen molar-refractivity contribution < 1.29 is 4.74 Å². The summed E-state index contributed by atoms with van der Waals surface area (Å²) in [4.78, 5) is 4.36. The van der Waals surface area contributed by atoms with Gasteiger partial charge in [-0.2, -0.15) is 5.10 Å². The lowest BCUT2D eigenvalue weighted by Crippen LogP contribution is -1.95. The molecule has 0 aliphatic heterocycles. The highest BCUT2D eigenvalue weighted by molar-refractivity contribution is 5.61. The Bertz CT molecular complexity index is 718. The molecule has 2 aromatic heterocycles. The van der Waals surface area contributed by atoms with Crippen LogP contribution in [-0.4, -0.2) is 21.2 Å². The largest absolute Gasteiger partial charge is 0.494 e. The first kappa shape index (κ1) is 12.6. The van der Waals surface area contributed by atoms with E-state index in [0.717, 1.165) is 28.3 Å². The molecule has 0 radical (unpaired) electrons. The molecule has 0 saturated carbocycles. The lowest BCUT2D eigenvalue weighted by atomic mass is 10.1. The van der Waals surface area contributed by atoms with Gasteiger partial charge in [0.25, 0.3) is 0 Å². The maximum absolute atomic E-state index is 5.59. The van der Waals surface area contributed by atoms with Crippen LogP contribution in [-0.2, 0) is 6.54 Å². The average molecular weight is 268 g/mol. The maximum atomic E-state index is 5.59. The molecule has 5 nitrogen and oxygen atoms in total. The number of benzene rings is 1. The third-order valence-electron chi connectivity index (χ3n) is 3.04. The summed E-state index contributed by atoms with van der Waals surface area (Å²) in [5.41, 5.74) is 9.16. The summed E-state index contributed by atoms with van der Waals surface area (Å²) >= 11 is 0. The zero-order valence-corrected chi connectivity index (χ0v) is 11.3. The van der Waals surface area contributed by atoms with Crippen molar-refractivity contribution in [2.45, 2.75) is 13.5 Å². The SMILES string of the molecule is CCOc1ccc(-c2ccc3nc(CN)cn3n2)cc1. The maximum Gasteiger partial charge on any atom is 0.153 e. The second kappa shape index (κ2) is 5.30. The van der Waals surface area contributed by atoms with Crippen LogP contribution in [0.25, 0.3) is 16.9 Å². The molecular weight excluding hydrogens is 252 g/mol. The summed E-state index contributed by atoms with van der Waals surface area (Å²) in [6.45, 7) is 3.06. The van der Waals surface area contributed by atoms with Crippen LogP contribution >= 0.6 is 0 Å². The smallest absolute Gasteiger partial charge is 0.153 e. The predicted octanol–water partition coefficient (Wildman–Crippen LogP) is 2.25. The van der Waals surface area contributed by atoms with Crippen LogP contribution in [0.15, 0.2) is 42.6 Å². The van der Waals surface area contributed by atoms with Gasteiger partial charge >= 0.3 is 0 Å². The Hall–Kier alpha value is -2.40. The molecular formula is C15H16N4O. The summed E-state index contributed by atoms with van der Waals surface area (Å²) in [6.07, 6.45) is 1.85. The molecule has 20 heavy (non-hydrogen) atoms. The minimum Gasteiger partial charge on any atom is -0.494 e. The van der Waals surface area contributed by atoms with Gasteiger partial charge < -0.3 is 10.5 Å². The molecule has 0 amide bonds. The third kappa shape index (κ3) is 2.35. The van der Waals surface area contributed by atoms with E-state index in [0.29, 0.717) is 13.2 Å². The highest BCUT2D eigenvalue weighted by atomic mass is 16.5. The predicted molar refractivity (Wildman–Crippen MR) is 77.5 cm³/mol. The number of nitrogens with two attached hydrogens (primary N) is 1.